The number of nitrogens with two attached hydrogens (primary N) is 1. The van der Waals surface area contributed by atoms with E-state index in [1.807, 2.05) is 13.8 Å². The third-order valence-electron chi connectivity index (χ3n) is 2.96. The molecule has 0 saturated carbocycles. The second kappa shape index (κ2) is 5.40. The molecular formula is C12H17N5OS. The average Bonchev–Trinajstić information content (AvgIpc) is 2.90. The van der Waals surface area contributed by atoms with E-state index >= 15 is 0 Å². The minimum atomic E-state index is -0.208. The molecule has 6 nitrogen and oxygen atoms in total. The summed E-state index contributed by atoms with van der Waals surface area (Å²) in [5.74, 6) is -0.208. The second-order valence-electron chi connectivity index (χ2n) is 4.23. The van der Waals surface area contributed by atoms with Crippen LogP contribution in [-0.4, -0.2) is 20.7 Å². The molecule has 0 fully saturated rings. The number of hydrogen-bond acceptors (Lipinski definition) is 5. The first-order chi connectivity index (χ1) is 9.04. The molecule has 102 valence electrons. The fourth-order valence-corrected chi connectivity index (χ4v) is 2.58. The van der Waals surface area contributed by atoms with Crippen LogP contribution in [0, 0.1) is 6.92 Å². The predicted molar refractivity (Wildman–Crippen MR) is 75.0 cm³/mol. The van der Waals surface area contributed by atoms with Crippen molar-refractivity contribution in [2.24, 2.45) is 7.05 Å². The van der Waals surface area contributed by atoms with E-state index in [0.29, 0.717) is 24.3 Å². The minimum absolute atomic E-state index is 0.208. The van der Waals surface area contributed by atoms with Crippen LogP contribution in [0.1, 0.15) is 33.7 Å². The van der Waals surface area contributed by atoms with E-state index in [1.54, 1.807) is 12.6 Å². The Bertz CT molecular complexity index is 601. The standard InChI is InChI=1S/C12H17N5OS/c1-4-8-10(13)11(17(3)16-8)12(18)14-5-9-7(2)15-6-19-9/h6H,4-5,13H2,1-3H3,(H,14,18). The van der Waals surface area contributed by atoms with Crippen molar-refractivity contribution in [3.8, 4) is 0 Å². The maximum atomic E-state index is 12.2. The third kappa shape index (κ3) is 2.60. The van der Waals surface area contributed by atoms with E-state index in [2.05, 4.69) is 15.4 Å². The Morgan fingerprint density at radius 1 is 1.58 bits per heavy atom. The number of hydrogen-bond donors (Lipinski definition) is 2. The number of thiazole rings is 1. The number of aromatic nitrogens is 3. The third-order valence-corrected chi connectivity index (χ3v) is 3.90. The number of amides is 1. The molecule has 2 heterocycles. The molecule has 2 rings (SSSR count). The molecular weight excluding hydrogens is 262 g/mol. The smallest absolute Gasteiger partial charge is 0.271 e. The average molecular weight is 279 g/mol. The van der Waals surface area contributed by atoms with Crippen LogP contribution in [0.5, 0.6) is 0 Å². The van der Waals surface area contributed by atoms with E-state index in [0.717, 1.165) is 16.3 Å². The molecule has 0 atom stereocenters. The molecule has 3 N–H and O–H groups in total. The Morgan fingerprint density at radius 3 is 2.84 bits per heavy atom. The Labute approximate surface area is 115 Å². The van der Waals surface area contributed by atoms with E-state index < -0.39 is 0 Å². The van der Waals surface area contributed by atoms with Gasteiger partial charge in [0.15, 0.2) is 0 Å². The summed E-state index contributed by atoms with van der Waals surface area (Å²) in [5, 5.41) is 7.09. The van der Waals surface area contributed by atoms with Crippen LogP contribution in [-0.2, 0) is 20.0 Å². The van der Waals surface area contributed by atoms with Crippen LogP contribution in [0.2, 0.25) is 0 Å². The van der Waals surface area contributed by atoms with Crippen LogP contribution in [0.15, 0.2) is 5.51 Å². The van der Waals surface area contributed by atoms with Crippen LogP contribution in [0.4, 0.5) is 5.69 Å². The summed E-state index contributed by atoms with van der Waals surface area (Å²) in [4.78, 5) is 17.3. The first kappa shape index (κ1) is 13.5. The van der Waals surface area contributed by atoms with Crippen LogP contribution in [0.25, 0.3) is 0 Å². The van der Waals surface area contributed by atoms with E-state index in [4.69, 9.17) is 5.73 Å². The normalized spacial score (nSPS) is 10.7. The molecule has 0 aliphatic carbocycles. The number of anilines is 1. The molecule has 2 aromatic heterocycles. The number of carbonyl (C=O) groups excluding carboxylic acids is 1. The van der Waals surface area contributed by atoms with Gasteiger partial charge in [0.2, 0.25) is 0 Å². The number of nitrogen functional groups attached to an aromatic ring is 1. The van der Waals surface area contributed by atoms with Crippen molar-refractivity contribution >= 4 is 22.9 Å². The molecule has 1 amide bonds. The highest BCUT2D eigenvalue weighted by Gasteiger charge is 2.19. The van der Waals surface area contributed by atoms with Crippen LogP contribution >= 0.6 is 11.3 Å². The molecule has 2 aromatic rings. The molecule has 0 aliphatic heterocycles. The fourth-order valence-electron chi connectivity index (χ4n) is 1.87. The van der Waals surface area contributed by atoms with E-state index in [1.165, 1.54) is 16.0 Å². The lowest BCUT2D eigenvalue weighted by Crippen LogP contribution is -2.26. The van der Waals surface area contributed by atoms with Gasteiger partial charge in [-0.2, -0.15) is 5.10 Å². The van der Waals surface area contributed by atoms with Crippen molar-refractivity contribution in [3.63, 3.8) is 0 Å². The highest BCUT2D eigenvalue weighted by atomic mass is 32.1. The van der Waals surface area contributed by atoms with Gasteiger partial charge in [0.1, 0.15) is 5.69 Å². The van der Waals surface area contributed by atoms with Crippen molar-refractivity contribution in [2.75, 3.05) is 5.73 Å². The molecule has 19 heavy (non-hydrogen) atoms. The van der Waals surface area contributed by atoms with Gasteiger partial charge < -0.3 is 11.1 Å². The Balaban J connectivity index is 2.12. The molecule has 0 saturated heterocycles. The quantitative estimate of drug-likeness (QED) is 0.882. The van der Waals surface area contributed by atoms with Gasteiger partial charge in [-0.05, 0) is 13.3 Å². The summed E-state index contributed by atoms with van der Waals surface area (Å²) < 4.78 is 1.53. The van der Waals surface area contributed by atoms with Gasteiger partial charge in [0.25, 0.3) is 5.91 Å². The maximum absolute atomic E-state index is 12.2. The van der Waals surface area contributed by atoms with Crippen LogP contribution in [0.3, 0.4) is 0 Å². The van der Waals surface area contributed by atoms with Gasteiger partial charge >= 0.3 is 0 Å². The molecule has 0 aromatic carbocycles. The zero-order valence-electron chi connectivity index (χ0n) is 11.2. The van der Waals surface area contributed by atoms with Crippen molar-refractivity contribution in [2.45, 2.75) is 26.8 Å². The first-order valence-electron chi connectivity index (χ1n) is 6.03. The Hall–Kier alpha value is -1.89. The Morgan fingerprint density at radius 2 is 2.32 bits per heavy atom. The molecule has 0 spiro atoms. The molecule has 7 heteroatoms. The zero-order valence-corrected chi connectivity index (χ0v) is 12.0. The van der Waals surface area contributed by atoms with Gasteiger partial charge in [-0.15, -0.1) is 11.3 Å². The highest BCUT2D eigenvalue weighted by Crippen LogP contribution is 2.17. The van der Waals surface area contributed by atoms with Crippen molar-refractivity contribution in [3.05, 3.63) is 27.5 Å². The van der Waals surface area contributed by atoms with Crippen molar-refractivity contribution in [1.82, 2.24) is 20.1 Å². The second-order valence-corrected chi connectivity index (χ2v) is 5.17. The number of nitrogens with zero attached hydrogens (tertiary/aromatic N) is 3. The van der Waals surface area contributed by atoms with E-state index in [-0.39, 0.29) is 5.91 Å². The summed E-state index contributed by atoms with van der Waals surface area (Å²) in [6.07, 6.45) is 0.709. The monoisotopic (exact) mass is 279 g/mol. The largest absolute Gasteiger partial charge is 0.395 e. The molecule has 0 radical (unpaired) electrons. The van der Waals surface area contributed by atoms with Gasteiger partial charge in [-0.25, -0.2) is 4.98 Å². The number of carbonyl (C=O) groups is 1. The lowest BCUT2D eigenvalue weighted by Gasteiger charge is -2.05. The molecule has 0 bridgehead atoms. The summed E-state index contributed by atoms with van der Waals surface area (Å²) in [7, 11) is 1.72. The lowest BCUT2D eigenvalue weighted by molar-refractivity contribution is 0.0943. The first-order valence-corrected chi connectivity index (χ1v) is 6.91. The number of rotatable bonds is 4. The number of nitrogens with one attached hydrogen (secondary N) is 1. The van der Waals surface area contributed by atoms with Crippen molar-refractivity contribution in [1.29, 1.82) is 0 Å². The van der Waals surface area contributed by atoms with E-state index in [9.17, 15) is 4.79 Å². The summed E-state index contributed by atoms with van der Waals surface area (Å²) in [6.45, 7) is 4.34. The predicted octanol–water partition coefficient (Wildman–Crippen LogP) is 1.26. The summed E-state index contributed by atoms with van der Waals surface area (Å²) >= 11 is 1.53. The van der Waals surface area contributed by atoms with Crippen LogP contribution < -0.4 is 11.1 Å². The highest BCUT2D eigenvalue weighted by molar-refractivity contribution is 7.09. The van der Waals surface area contributed by atoms with Gasteiger partial charge in [-0.3, -0.25) is 9.48 Å². The maximum Gasteiger partial charge on any atom is 0.271 e. The minimum Gasteiger partial charge on any atom is -0.395 e. The van der Waals surface area contributed by atoms with Gasteiger partial charge in [0.05, 0.1) is 29.1 Å². The van der Waals surface area contributed by atoms with Gasteiger partial charge in [-0.1, -0.05) is 6.92 Å². The lowest BCUT2D eigenvalue weighted by atomic mass is 10.2. The summed E-state index contributed by atoms with van der Waals surface area (Å²) in [5.41, 5.74) is 10.3. The topological polar surface area (TPSA) is 85.8 Å². The summed E-state index contributed by atoms with van der Waals surface area (Å²) in [6, 6.07) is 0. The van der Waals surface area contributed by atoms with Crippen molar-refractivity contribution < 1.29 is 4.79 Å². The number of aryl methyl sites for hydroxylation is 3. The van der Waals surface area contributed by atoms with Gasteiger partial charge in [0, 0.05) is 11.9 Å². The zero-order chi connectivity index (χ0) is 14.0. The SMILES string of the molecule is CCc1nn(C)c(C(=O)NCc2scnc2C)c1N. The fraction of sp³-hybridized carbons (Fsp3) is 0.417. The Kier molecular flexibility index (Phi) is 3.84. The molecule has 0 unspecified atom stereocenters. The molecule has 0 aliphatic rings.